The molecule has 0 aromatic heterocycles. The molecule has 4 heterocycles. The van der Waals surface area contributed by atoms with Gasteiger partial charge in [0.25, 0.3) is 0 Å². The average Bonchev–Trinajstić information content (AvgIpc) is 3.71. The highest BCUT2D eigenvalue weighted by molar-refractivity contribution is 5.85. The van der Waals surface area contributed by atoms with Crippen molar-refractivity contribution < 1.29 is 67.2 Å². The maximum absolute atomic E-state index is 12.6. The second-order valence-corrected chi connectivity index (χ2v) is 19.4. The molecular weight excluding hydrogens is 764 g/mol. The number of esters is 3. The van der Waals surface area contributed by atoms with Crippen LogP contribution in [0.4, 0.5) is 0 Å². The van der Waals surface area contributed by atoms with Gasteiger partial charge in [0, 0.05) is 38.2 Å². The van der Waals surface area contributed by atoms with Crippen molar-refractivity contribution in [2.75, 3.05) is 6.61 Å². The second-order valence-electron chi connectivity index (χ2n) is 19.4. The number of fused-ring (bicyclic) bond motifs is 5. The quantitative estimate of drug-likeness (QED) is 0.134. The van der Waals surface area contributed by atoms with Crippen LogP contribution in [0.2, 0.25) is 0 Å². The third-order valence-corrected chi connectivity index (χ3v) is 16.1. The SMILES string of the molecule is CC(=O)O[C@H]1C[C@H](O[C@H]2[C@@H](OC(C)=O)C[C@H](O[C@H]3CC[C@@]4(C)[C@H](CC[C@@H]5[C@@H]4CC[C@]4(C)[C@@H](C6=CC(=O)OC6)CC[C@]54O)C3)O[C@@H]2C)O[C@H](C)[C@H]1O[C@H]1C=C[C@H](O)[C@@H](C)O1. The van der Waals surface area contributed by atoms with Crippen LogP contribution in [0.3, 0.4) is 0 Å². The zero-order chi connectivity index (χ0) is 42.0. The van der Waals surface area contributed by atoms with Gasteiger partial charge >= 0.3 is 17.9 Å². The Hall–Kier alpha value is -2.43. The van der Waals surface area contributed by atoms with Crippen LogP contribution >= 0.6 is 0 Å². The minimum absolute atomic E-state index is 0.0184. The number of hydrogen-bond donors (Lipinski definition) is 2. The summed E-state index contributed by atoms with van der Waals surface area (Å²) in [5, 5.41) is 22.7. The molecule has 4 saturated carbocycles. The fraction of sp³-hybridized carbons (Fsp3) is 0.844. The van der Waals surface area contributed by atoms with Gasteiger partial charge in [-0.25, -0.2) is 4.79 Å². The van der Waals surface area contributed by atoms with Gasteiger partial charge < -0.3 is 52.8 Å². The molecule has 0 bridgehead atoms. The van der Waals surface area contributed by atoms with Crippen LogP contribution in [0.5, 0.6) is 0 Å². The van der Waals surface area contributed by atoms with E-state index in [1.807, 2.05) is 13.8 Å². The minimum atomic E-state index is -0.820. The molecule has 14 nitrogen and oxygen atoms in total. The number of carbonyl (C=O) groups excluding carboxylic acids is 3. The van der Waals surface area contributed by atoms with Gasteiger partial charge in [-0.2, -0.15) is 0 Å². The lowest BCUT2D eigenvalue weighted by molar-refractivity contribution is -0.329. The molecule has 4 aliphatic carbocycles. The molecule has 19 atom stereocenters. The Kier molecular flexibility index (Phi) is 12.2. The van der Waals surface area contributed by atoms with Crippen molar-refractivity contribution in [1.82, 2.24) is 0 Å². The predicted octanol–water partition coefficient (Wildman–Crippen LogP) is 5.19. The van der Waals surface area contributed by atoms with E-state index in [9.17, 15) is 24.6 Å². The molecule has 0 aromatic rings. The van der Waals surface area contributed by atoms with E-state index in [1.165, 1.54) is 13.8 Å². The number of aliphatic hydroxyl groups excluding tert-OH is 1. The highest BCUT2D eigenvalue weighted by Crippen LogP contribution is 2.70. The van der Waals surface area contributed by atoms with Crippen LogP contribution in [0.15, 0.2) is 23.8 Å². The van der Waals surface area contributed by atoms with Crippen molar-refractivity contribution in [3.63, 3.8) is 0 Å². The summed E-state index contributed by atoms with van der Waals surface area (Å²) in [5.74, 6) is 0.116. The fourth-order valence-electron chi connectivity index (χ4n) is 13.0. The van der Waals surface area contributed by atoms with Gasteiger partial charge in [0.15, 0.2) is 18.9 Å². The van der Waals surface area contributed by atoms with E-state index in [4.69, 9.17) is 42.6 Å². The first-order valence-electron chi connectivity index (χ1n) is 22.2. The lowest BCUT2D eigenvalue weighted by Gasteiger charge is -2.64. The third kappa shape index (κ3) is 8.19. The topological polar surface area (TPSA) is 175 Å². The third-order valence-electron chi connectivity index (χ3n) is 16.1. The van der Waals surface area contributed by atoms with Gasteiger partial charge in [0.2, 0.25) is 0 Å². The number of cyclic esters (lactones) is 1. The summed E-state index contributed by atoms with van der Waals surface area (Å²) in [5.41, 5.74) is 0.133. The van der Waals surface area contributed by atoms with Crippen LogP contribution in [0, 0.1) is 34.5 Å². The van der Waals surface area contributed by atoms with Crippen LogP contribution < -0.4 is 0 Å². The Morgan fingerprint density at radius 3 is 2.03 bits per heavy atom. The highest BCUT2D eigenvalue weighted by Gasteiger charge is 2.68. The largest absolute Gasteiger partial charge is 0.459 e. The molecule has 8 aliphatic rings. The van der Waals surface area contributed by atoms with Crippen molar-refractivity contribution in [1.29, 1.82) is 0 Å². The van der Waals surface area contributed by atoms with Gasteiger partial charge in [-0.15, -0.1) is 0 Å². The number of aliphatic hydroxyl groups is 2. The van der Waals surface area contributed by atoms with E-state index in [0.29, 0.717) is 18.4 Å². The van der Waals surface area contributed by atoms with Crippen LogP contribution in [-0.4, -0.2) is 114 Å². The standard InChI is InChI=1S/C45H66O14/c1-23-34(48)10-11-38(52-23)58-41-24(2)54-40(21-36(41)56-27(5)47)59-42-25(3)53-39(20-35(42)55-26(4)46)57-30-12-15-43(6)29(19-30)8-9-33-32(43)13-16-44(7)31(14-17-45(33,44)50)28-18-37(49)51-22-28/h10-11,18,23-25,29-36,38-42,48,50H,8-9,12-17,19-22H2,1-7H3/t23-,24-,25-,29-,30+,31-,32+,33-,34+,35+,36+,38+,39+,40+,41-,42-,43+,44-,45+/m1/s1. The average molecular weight is 831 g/mol. The lowest BCUT2D eigenvalue weighted by Crippen LogP contribution is -2.62. The molecule has 59 heavy (non-hydrogen) atoms. The number of hydrogen-bond acceptors (Lipinski definition) is 14. The summed E-state index contributed by atoms with van der Waals surface area (Å²) < 4.78 is 54.9. The Morgan fingerprint density at radius 2 is 1.41 bits per heavy atom. The highest BCUT2D eigenvalue weighted by atomic mass is 16.7. The van der Waals surface area contributed by atoms with Crippen molar-refractivity contribution in [2.45, 2.75) is 199 Å². The summed E-state index contributed by atoms with van der Waals surface area (Å²) in [6.45, 7) is 13.2. The number of rotatable bonds is 9. The minimum Gasteiger partial charge on any atom is -0.459 e. The first-order valence-corrected chi connectivity index (χ1v) is 22.2. The molecule has 8 rings (SSSR count). The van der Waals surface area contributed by atoms with Crippen LogP contribution in [-0.2, 0) is 57.0 Å². The zero-order valence-corrected chi connectivity index (χ0v) is 35.7. The van der Waals surface area contributed by atoms with E-state index >= 15 is 0 Å². The molecule has 14 heteroatoms. The zero-order valence-electron chi connectivity index (χ0n) is 35.7. The number of ether oxygens (including phenoxy) is 9. The first kappa shape index (κ1) is 43.2. The molecule has 2 saturated heterocycles. The lowest BCUT2D eigenvalue weighted by atomic mass is 9.43. The summed E-state index contributed by atoms with van der Waals surface area (Å²) in [6.07, 6.45) is 6.61. The first-order chi connectivity index (χ1) is 28.0. The van der Waals surface area contributed by atoms with Gasteiger partial charge in [-0.05, 0) is 119 Å². The summed E-state index contributed by atoms with van der Waals surface area (Å²) in [4.78, 5) is 36.6. The number of carbonyl (C=O) groups is 3. The van der Waals surface area contributed by atoms with Crippen molar-refractivity contribution in [2.24, 2.45) is 34.5 Å². The van der Waals surface area contributed by atoms with Crippen molar-refractivity contribution >= 4 is 17.9 Å². The molecule has 0 spiro atoms. The summed E-state index contributed by atoms with van der Waals surface area (Å²) in [7, 11) is 0. The Labute approximate surface area is 347 Å². The van der Waals surface area contributed by atoms with Crippen LogP contribution in [0.25, 0.3) is 0 Å². The molecule has 0 radical (unpaired) electrons. The van der Waals surface area contributed by atoms with Gasteiger partial charge in [-0.3, -0.25) is 9.59 Å². The van der Waals surface area contributed by atoms with Gasteiger partial charge in [-0.1, -0.05) is 19.9 Å². The molecule has 6 fully saturated rings. The maximum Gasteiger partial charge on any atom is 0.331 e. The maximum atomic E-state index is 12.6. The van der Waals surface area contributed by atoms with E-state index in [2.05, 4.69) is 13.8 Å². The molecular formula is C45H66O14. The second kappa shape index (κ2) is 16.7. The summed E-state index contributed by atoms with van der Waals surface area (Å²) in [6, 6.07) is 0. The monoisotopic (exact) mass is 830 g/mol. The molecule has 0 aromatic carbocycles. The van der Waals surface area contributed by atoms with E-state index in [1.54, 1.807) is 25.2 Å². The predicted molar refractivity (Wildman–Crippen MR) is 209 cm³/mol. The van der Waals surface area contributed by atoms with Crippen LogP contribution in [0.1, 0.15) is 119 Å². The molecule has 0 amide bonds. The normalized spacial score (nSPS) is 49.5. The van der Waals surface area contributed by atoms with Crippen molar-refractivity contribution in [3.05, 3.63) is 23.8 Å². The van der Waals surface area contributed by atoms with Crippen molar-refractivity contribution in [3.8, 4) is 0 Å². The van der Waals surface area contributed by atoms with E-state index < -0.39 is 85.2 Å². The summed E-state index contributed by atoms with van der Waals surface area (Å²) >= 11 is 0. The van der Waals surface area contributed by atoms with Gasteiger partial charge in [0.1, 0.15) is 31.0 Å². The fourth-order valence-corrected chi connectivity index (χ4v) is 13.0. The molecule has 0 unspecified atom stereocenters. The Morgan fingerprint density at radius 1 is 0.746 bits per heavy atom. The van der Waals surface area contributed by atoms with E-state index in [0.717, 1.165) is 63.4 Å². The van der Waals surface area contributed by atoms with E-state index in [-0.39, 0.29) is 47.6 Å². The Balaban J connectivity index is 0.886. The molecule has 2 N–H and O–H groups in total. The molecule has 330 valence electrons. The van der Waals surface area contributed by atoms with Gasteiger partial charge in [0.05, 0.1) is 36.1 Å². The Bertz CT molecular complexity index is 1650. The smallest absolute Gasteiger partial charge is 0.331 e. The molecule has 4 aliphatic heterocycles.